The van der Waals surface area contributed by atoms with Crippen LogP contribution in [0.2, 0.25) is 0 Å². The smallest absolute Gasteiger partial charge is 0.257 e. The number of carbonyl (C=O) groups is 1. The van der Waals surface area contributed by atoms with E-state index in [0.717, 1.165) is 28.9 Å². The molecule has 0 unspecified atom stereocenters. The van der Waals surface area contributed by atoms with Crippen molar-refractivity contribution in [1.29, 1.82) is 0 Å². The van der Waals surface area contributed by atoms with E-state index in [-0.39, 0.29) is 12.1 Å². The van der Waals surface area contributed by atoms with Crippen molar-refractivity contribution in [2.45, 2.75) is 19.5 Å². The summed E-state index contributed by atoms with van der Waals surface area (Å²) in [6.45, 7) is 2.78. The van der Waals surface area contributed by atoms with Gasteiger partial charge in [-0.1, -0.05) is 37.3 Å². The monoisotopic (exact) mass is 332 g/mol. The van der Waals surface area contributed by atoms with Crippen LogP contribution in [0.15, 0.2) is 67.0 Å². The molecule has 0 bridgehead atoms. The molecule has 5 heteroatoms. The Kier molecular flexibility index (Phi) is 3.98. The number of benzene rings is 2. The van der Waals surface area contributed by atoms with Crippen LogP contribution in [0.25, 0.3) is 5.69 Å². The van der Waals surface area contributed by atoms with Gasteiger partial charge in [0.05, 0.1) is 17.4 Å². The molecule has 0 aliphatic carbocycles. The summed E-state index contributed by atoms with van der Waals surface area (Å²) in [4.78, 5) is 14.8. The number of para-hydroxylation sites is 2. The fourth-order valence-corrected chi connectivity index (χ4v) is 3.23. The number of aromatic nitrogens is 2. The number of amides is 1. The number of carbonyl (C=O) groups excluding carboxylic acids is 1. The molecule has 3 aromatic rings. The molecule has 0 saturated heterocycles. The fourth-order valence-electron chi connectivity index (χ4n) is 3.23. The van der Waals surface area contributed by atoms with E-state index in [1.54, 1.807) is 0 Å². The standard InChI is InChI=1S/C20H20N4O/c1-2-12-23-19(22-18-11-7-6-10-17(18)20(23)25)15-13-21-24(14-15)16-8-4-3-5-9-16/h3-11,13-14,19,22H,2,12H2,1H3/t19-/m1/s1. The van der Waals surface area contributed by atoms with Gasteiger partial charge in [-0.2, -0.15) is 5.10 Å². The van der Waals surface area contributed by atoms with Gasteiger partial charge in [-0.05, 0) is 30.7 Å². The first-order valence-corrected chi connectivity index (χ1v) is 8.54. The van der Waals surface area contributed by atoms with Gasteiger partial charge in [0.25, 0.3) is 5.91 Å². The fraction of sp³-hybridized carbons (Fsp3) is 0.200. The lowest BCUT2D eigenvalue weighted by Crippen LogP contribution is -2.43. The third kappa shape index (κ3) is 2.78. The summed E-state index contributed by atoms with van der Waals surface area (Å²) in [5, 5.41) is 7.97. The van der Waals surface area contributed by atoms with E-state index in [9.17, 15) is 4.79 Å². The first-order chi connectivity index (χ1) is 12.3. The van der Waals surface area contributed by atoms with Crippen LogP contribution in [-0.4, -0.2) is 27.1 Å². The van der Waals surface area contributed by atoms with E-state index >= 15 is 0 Å². The number of nitrogens with zero attached hydrogens (tertiary/aromatic N) is 3. The van der Waals surface area contributed by atoms with E-state index in [4.69, 9.17) is 0 Å². The van der Waals surface area contributed by atoms with Gasteiger partial charge in [-0.25, -0.2) is 4.68 Å². The topological polar surface area (TPSA) is 50.2 Å². The highest BCUT2D eigenvalue weighted by atomic mass is 16.2. The molecular weight excluding hydrogens is 312 g/mol. The van der Waals surface area contributed by atoms with Gasteiger partial charge in [0.2, 0.25) is 0 Å². The van der Waals surface area contributed by atoms with Crippen LogP contribution in [0, 0.1) is 0 Å². The quantitative estimate of drug-likeness (QED) is 0.789. The van der Waals surface area contributed by atoms with Crippen molar-refractivity contribution in [3.63, 3.8) is 0 Å². The van der Waals surface area contributed by atoms with Crippen LogP contribution in [0.4, 0.5) is 5.69 Å². The Labute approximate surface area is 146 Å². The highest BCUT2D eigenvalue weighted by Crippen LogP contribution is 2.33. The Hall–Kier alpha value is -3.08. The molecule has 126 valence electrons. The molecule has 1 aliphatic rings. The Morgan fingerprint density at radius 2 is 1.84 bits per heavy atom. The number of hydrogen-bond donors (Lipinski definition) is 1. The Balaban J connectivity index is 1.71. The minimum atomic E-state index is -0.209. The molecule has 2 heterocycles. The Morgan fingerprint density at radius 3 is 2.64 bits per heavy atom. The van der Waals surface area contributed by atoms with E-state index in [1.807, 2.05) is 76.6 Å². The summed E-state index contributed by atoms with van der Waals surface area (Å²) < 4.78 is 1.84. The van der Waals surface area contributed by atoms with Gasteiger partial charge >= 0.3 is 0 Å². The summed E-state index contributed by atoms with van der Waals surface area (Å²) in [6.07, 6.45) is 4.50. The van der Waals surface area contributed by atoms with Crippen molar-refractivity contribution in [2.24, 2.45) is 0 Å². The van der Waals surface area contributed by atoms with Crippen LogP contribution < -0.4 is 5.32 Å². The predicted octanol–water partition coefficient (Wildman–Crippen LogP) is 3.85. The van der Waals surface area contributed by atoms with Crippen LogP contribution in [0.3, 0.4) is 0 Å². The zero-order chi connectivity index (χ0) is 17.2. The van der Waals surface area contributed by atoms with Crippen molar-refractivity contribution in [3.8, 4) is 5.69 Å². The second-order valence-electron chi connectivity index (χ2n) is 6.14. The highest BCUT2D eigenvalue weighted by Gasteiger charge is 2.32. The zero-order valence-electron chi connectivity index (χ0n) is 14.1. The van der Waals surface area contributed by atoms with Crippen LogP contribution in [0.1, 0.15) is 35.4 Å². The summed E-state index contributed by atoms with van der Waals surface area (Å²) in [5.41, 5.74) is 3.57. The van der Waals surface area contributed by atoms with Gasteiger partial charge < -0.3 is 10.2 Å². The van der Waals surface area contributed by atoms with Crippen LogP contribution >= 0.6 is 0 Å². The van der Waals surface area contributed by atoms with Gasteiger partial charge in [0, 0.05) is 24.0 Å². The summed E-state index contributed by atoms with van der Waals surface area (Å²) in [6, 6.07) is 17.6. The molecule has 5 nitrogen and oxygen atoms in total. The molecule has 0 saturated carbocycles. The normalized spacial score (nSPS) is 16.4. The molecule has 1 aromatic heterocycles. The Bertz CT molecular complexity index is 887. The molecule has 4 rings (SSSR count). The summed E-state index contributed by atoms with van der Waals surface area (Å²) in [7, 11) is 0. The zero-order valence-corrected chi connectivity index (χ0v) is 14.1. The van der Waals surface area contributed by atoms with E-state index in [0.29, 0.717) is 6.54 Å². The molecule has 1 atom stereocenters. The van der Waals surface area contributed by atoms with Gasteiger partial charge in [-0.15, -0.1) is 0 Å². The third-order valence-electron chi connectivity index (χ3n) is 4.43. The van der Waals surface area contributed by atoms with Crippen molar-refractivity contribution in [1.82, 2.24) is 14.7 Å². The van der Waals surface area contributed by atoms with E-state index in [2.05, 4.69) is 17.3 Å². The molecule has 1 N–H and O–H groups in total. The lowest BCUT2D eigenvalue weighted by atomic mass is 10.1. The van der Waals surface area contributed by atoms with Gasteiger partial charge in [-0.3, -0.25) is 4.79 Å². The number of fused-ring (bicyclic) bond motifs is 1. The first kappa shape index (κ1) is 15.4. The van der Waals surface area contributed by atoms with Gasteiger partial charge in [0.15, 0.2) is 0 Å². The molecule has 1 amide bonds. The van der Waals surface area contributed by atoms with E-state index < -0.39 is 0 Å². The molecule has 0 fully saturated rings. The number of hydrogen-bond acceptors (Lipinski definition) is 3. The number of nitrogens with one attached hydrogen (secondary N) is 1. The molecule has 0 radical (unpaired) electrons. The minimum Gasteiger partial charge on any atom is -0.361 e. The first-order valence-electron chi connectivity index (χ1n) is 8.54. The Morgan fingerprint density at radius 1 is 1.08 bits per heavy atom. The van der Waals surface area contributed by atoms with Crippen molar-refractivity contribution >= 4 is 11.6 Å². The maximum atomic E-state index is 12.9. The average molecular weight is 332 g/mol. The third-order valence-corrected chi connectivity index (χ3v) is 4.43. The second-order valence-corrected chi connectivity index (χ2v) is 6.14. The number of rotatable bonds is 4. The SMILES string of the molecule is CCCN1C(=O)c2ccccc2N[C@H]1c1cnn(-c2ccccc2)c1. The second kappa shape index (κ2) is 6.43. The van der Waals surface area contributed by atoms with Gasteiger partial charge in [0.1, 0.15) is 6.17 Å². The summed E-state index contributed by atoms with van der Waals surface area (Å²) >= 11 is 0. The minimum absolute atomic E-state index is 0.0636. The van der Waals surface area contributed by atoms with Crippen LogP contribution in [0.5, 0.6) is 0 Å². The maximum Gasteiger partial charge on any atom is 0.257 e. The molecular formula is C20H20N4O. The highest BCUT2D eigenvalue weighted by molar-refractivity contribution is 6.01. The summed E-state index contributed by atoms with van der Waals surface area (Å²) in [5.74, 6) is 0.0636. The maximum absolute atomic E-state index is 12.9. The molecule has 25 heavy (non-hydrogen) atoms. The molecule has 2 aromatic carbocycles. The van der Waals surface area contributed by atoms with Crippen molar-refractivity contribution in [2.75, 3.05) is 11.9 Å². The van der Waals surface area contributed by atoms with Crippen molar-refractivity contribution < 1.29 is 4.79 Å². The lowest BCUT2D eigenvalue weighted by Gasteiger charge is -2.37. The molecule has 1 aliphatic heterocycles. The lowest BCUT2D eigenvalue weighted by molar-refractivity contribution is 0.0683. The van der Waals surface area contributed by atoms with Crippen molar-refractivity contribution in [3.05, 3.63) is 78.1 Å². The largest absolute Gasteiger partial charge is 0.361 e. The molecule has 0 spiro atoms. The van der Waals surface area contributed by atoms with E-state index in [1.165, 1.54) is 0 Å². The predicted molar refractivity (Wildman–Crippen MR) is 97.7 cm³/mol. The average Bonchev–Trinajstić information content (AvgIpc) is 3.15. The number of anilines is 1. The van der Waals surface area contributed by atoms with Crippen LogP contribution in [-0.2, 0) is 0 Å².